The number of fused-ring (bicyclic) bond motifs is 1. The largest absolute Gasteiger partial charge is 0.353 e. The molecule has 0 radical (unpaired) electrons. The van der Waals surface area contributed by atoms with Crippen LogP contribution in [0, 0.1) is 0 Å². The van der Waals surface area contributed by atoms with E-state index < -0.39 is 0 Å². The minimum Gasteiger partial charge on any atom is -0.353 e. The molecule has 112 valence electrons. The van der Waals surface area contributed by atoms with Crippen LogP contribution < -0.4 is 10.2 Å². The first-order chi connectivity index (χ1) is 10.7. The van der Waals surface area contributed by atoms with Crippen LogP contribution in [0.25, 0.3) is 22.4 Å². The van der Waals surface area contributed by atoms with Gasteiger partial charge >= 0.3 is 0 Å². The van der Waals surface area contributed by atoms with E-state index in [4.69, 9.17) is 11.6 Å². The normalized spacial score (nSPS) is 15.3. The number of benzene rings is 1. The fourth-order valence-electron chi connectivity index (χ4n) is 2.71. The van der Waals surface area contributed by atoms with Gasteiger partial charge in [-0.05, 0) is 25.2 Å². The number of rotatable bonds is 3. The third-order valence-corrected chi connectivity index (χ3v) is 4.40. The van der Waals surface area contributed by atoms with Gasteiger partial charge in [0.2, 0.25) is 0 Å². The van der Waals surface area contributed by atoms with E-state index in [2.05, 4.69) is 25.2 Å². The fraction of sp³-hybridized carbons (Fsp3) is 0.250. The molecule has 1 saturated heterocycles. The van der Waals surface area contributed by atoms with Crippen LogP contribution in [0.5, 0.6) is 0 Å². The van der Waals surface area contributed by atoms with Crippen molar-refractivity contribution in [3.05, 3.63) is 41.6 Å². The molecule has 1 fully saturated rings. The van der Waals surface area contributed by atoms with Gasteiger partial charge in [0.25, 0.3) is 0 Å². The molecule has 0 aliphatic carbocycles. The number of pyridine rings is 1. The predicted molar refractivity (Wildman–Crippen MR) is 89.4 cm³/mol. The summed E-state index contributed by atoms with van der Waals surface area (Å²) in [6.07, 6.45) is 1.70. The fourth-order valence-corrected chi connectivity index (χ4v) is 2.90. The molecule has 0 atom stereocenters. The van der Waals surface area contributed by atoms with Crippen molar-refractivity contribution in [1.29, 1.82) is 0 Å². The van der Waals surface area contributed by atoms with Gasteiger partial charge in [0.15, 0.2) is 0 Å². The number of hydrogen-bond acceptors (Lipinski definition) is 4. The summed E-state index contributed by atoms with van der Waals surface area (Å²) in [7, 11) is 1.98. The average Bonchev–Trinajstić information content (AvgIpc) is 2.91. The van der Waals surface area contributed by atoms with Gasteiger partial charge in [0.1, 0.15) is 11.6 Å². The molecule has 4 rings (SSSR count). The summed E-state index contributed by atoms with van der Waals surface area (Å²) in [5.74, 6) is 1.71. The number of H-pyrrole nitrogens is 1. The third kappa shape index (κ3) is 2.23. The topological polar surface area (TPSA) is 56.8 Å². The van der Waals surface area contributed by atoms with Crippen LogP contribution in [0.4, 0.5) is 5.82 Å². The molecule has 3 heterocycles. The third-order valence-electron chi connectivity index (χ3n) is 4.10. The second-order valence-electron chi connectivity index (χ2n) is 5.52. The summed E-state index contributed by atoms with van der Waals surface area (Å²) in [4.78, 5) is 14.6. The number of aromatic amines is 1. The van der Waals surface area contributed by atoms with Gasteiger partial charge in [-0.15, -0.1) is 0 Å². The number of nitrogens with one attached hydrogen (secondary N) is 2. The van der Waals surface area contributed by atoms with Gasteiger partial charge in [-0.1, -0.05) is 23.7 Å². The van der Waals surface area contributed by atoms with Crippen LogP contribution in [-0.2, 0) is 0 Å². The Morgan fingerprint density at radius 2 is 2.14 bits per heavy atom. The number of aromatic nitrogens is 3. The Kier molecular flexibility index (Phi) is 3.24. The molecule has 0 spiro atoms. The first-order valence-corrected chi connectivity index (χ1v) is 7.65. The summed E-state index contributed by atoms with van der Waals surface area (Å²) in [6, 6.07) is 10.5. The maximum absolute atomic E-state index is 6.33. The number of halogens is 1. The molecule has 1 aromatic carbocycles. The molecular weight excluding hydrogens is 298 g/mol. The molecule has 2 N–H and O–H groups in total. The molecule has 6 heteroatoms. The summed E-state index contributed by atoms with van der Waals surface area (Å²) in [5.41, 5.74) is 2.83. The number of para-hydroxylation sites is 2. The minimum atomic E-state index is 0.534. The highest BCUT2D eigenvalue weighted by atomic mass is 35.5. The van der Waals surface area contributed by atoms with Crippen molar-refractivity contribution in [2.24, 2.45) is 0 Å². The Balaban J connectivity index is 1.71. The standard InChI is InChI=1S/C16H16ClN5/c1-18-10-8-22(9-10)15-6-11(12(17)7-19-15)16-20-13-4-2-3-5-14(13)21-16/h2-7,10,18H,8-9H2,1H3,(H,20,21). The average molecular weight is 314 g/mol. The Labute approximate surface area is 133 Å². The highest BCUT2D eigenvalue weighted by Crippen LogP contribution is 2.31. The van der Waals surface area contributed by atoms with Crippen LogP contribution in [0.1, 0.15) is 0 Å². The van der Waals surface area contributed by atoms with E-state index >= 15 is 0 Å². The second kappa shape index (κ2) is 5.26. The van der Waals surface area contributed by atoms with Crippen LogP contribution in [0.2, 0.25) is 5.02 Å². The number of imidazole rings is 1. The van der Waals surface area contributed by atoms with Crippen molar-refractivity contribution in [1.82, 2.24) is 20.3 Å². The van der Waals surface area contributed by atoms with Gasteiger partial charge in [-0.3, -0.25) is 0 Å². The first-order valence-electron chi connectivity index (χ1n) is 7.27. The highest BCUT2D eigenvalue weighted by Gasteiger charge is 2.26. The molecule has 5 nitrogen and oxygen atoms in total. The second-order valence-corrected chi connectivity index (χ2v) is 5.92. The Bertz CT molecular complexity index is 789. The molecule has 0 amide bonds. The van der Waals surface area contributed by atoms with E-state index in [1.54, 1.807) is 6.20 Å². The van der Waals surface area contributed by atoms with Crippen LogP contribution in [0.3, 0.4) is 0 Å². The van der Waals surface area contributed by atoms with Gasteiger partial charge < -0.3 is 15.2 Å². The SMILES string of the molecule is CNC1CN(c2cc(-c3nc4ccccc4[nH]3)c(Cl)cn2)C1. The summed E-state index contributed by atoms with van der Waals surface area (Å²) < 4.78 is 0. The van der Waals surface area contributed by atoms with Gasteiger partial charge in [-0.2, -0.15) is 0 Å². The minimum absolute atomic E-state index is 0.534. The molecule has 0 bridgehead atoms. The van der Waals surface area contributed by atoms with E-state index in [0.29, 0.717) is 11.1 Å². The zero-order valence-electron chi connectivity index (χ0n) is 12.2. The monoisotopic (exact) mass is 313 g/mol. The molecular formula is C16H16ClN5. The lowest BCUT2D eigenvalue weighted by Gasteiger charge is -2.40. The first kappa shape index (κ1) is 13.5. The number of anilines is 1. The molecule has 0 saturated carbocycles. The van der Waals surface area contributed by atoms with Crippen LogP contribution in [-0.4, -0.2) is 41.1 Å². The van der Waals surface area contributed by atoms with Gasteiger partial charge in [-0.25, -0.2) is 9.97 Å². The maximum Gasteiger partial charge on any atom is 0.140 e. The lowest BCUT2D eigenvalue weighted by atomic mass is 10.1. The maximum atomic E-state index is 6.33. The number of nitrogens with zero attached hydrogens (tertiary/aromatic N) is 3. The van der Waals surface area contributed by atoms with E-state index in [1.807, 2.05) is 37.4 Å². The van der Waals surface area contributed by atoms with Gasteiger partial charge in [0, 0.05) is 30.9 Å². The quantitative estimate of drug-likeness (QED) is 0.780. The van der Waals surface area contributed by atoms with Crippen molar-refractivity contribution in [2.75, 3.05) is 25.0 Å². The van der Waals surface area contributed by atoms with Crippen molar-refractivity contribution in [2.45, 2.75) is 6.04 Å². The zero-order chi connectivity index (χ0) is 15.1. The Morgan fingerprint density at radius 3 is 2.91 bits per heavy atom. The Morgan fingerprint density at radius 1 is 1.32 bits per heavy atom. The Hall–Kier alpha value is -2.11. The lowest BCUT2D eigenvalue weighted by molar-refractivity contribution is 0.447. The molecule has 1 aliphatic heterocycles. The molecule has 3 aromatic rings. The van der Waals surface area contributed by atoms with Crippen molar-refractivity contribution in [3.63, 3.8) is 0 Å². The lowest BCUT2D eigenvalue weighted by Crippen LogP contribution is -2.57. The molecule has 1 aliphatic rings. The van der Waals surface area contributed by atoms with Crippen LogP contribution >= 0.6 is 11.6 Å². The molecule has 2 aromatic heterocycles. The number of hydrogen-bond donors (Lipinski definition) is 2. The van der Waals surface area contributed by atoms with E-state index in [0.717, 1.165) is 41.3 Å². The predicted octanol–water partition coefficient (Wildman–Crippen LogP) is 2.69. The van der Waals surface area contributed by atoms with Crippen molar-refractivity contribution in [3.8, 4) is 11.4 Å². The van der Waals surface area contributed by atoms with Crippen molar-refractivity contribution >= 4 is 28.5 Å². The van der Waals surface area contributed by atoms with E-state index in [9.17, 15) is 0 Å². The summed E-state index contributed by atoms with van der Waals surface area (Å²) in [5, 5.41) is 3.87. The van der Waals surface area contributed by atoms with E-state index in [1.165, 1.54) is 0 Å². The number of likely N-dealkylation sites (N-methyl/N-ethyl adjacent to an activating group) is 1. The molecule has 0 unspecified atom stereocenters. The summed E-state index contributed by atoms with van der Waals surface area (Å²) in [6.45, 7) is 1.93. The van der Waals surface area contributed by atoms with E-state index in [-0.39, 0.29) is 0 Å². The zero-order valence-corrected chi connectivity index (χ0v) is 12.9. The van der Waals surface area contributed by atoms with Crippen molar-refractivity contribution < 1.29 is 0 Å². The smallest absolute Gasteiger partial charge is 0.140 e. The molecule has 22 heavy (non-hydrogen) atoms. The summed E-state index contributed by atoms with van der Waals surface area (Å²) >= 11 is 6.33. The van der Waals surface area contributed by atoms with Gasteiger partial charge in [0.05, 0.1) is 16.1 Å². The highest BCUT2D eigenvalue weighted by molar-refractivity contribution is 6.33. The van der Waals surface area contributed by atoms with Crippen LogP contribution in [0.15, 0.2) is 36.5 Å².